The molecule has 0 saturated carbocycles. The smallest absolute Gasteiger partial charge is 0.211 e. The van der Waals surface area contributed by atoms with Gasteiger partial charge in [-0.3, -0.25) is 14.4 Å². The van der Waals surface area contributed by atoms with Crippen LogP contribution in [0, 0.1) is 13.8 Å². The monoisotopic (exact) mass is 405 g/mol. The first-order valence-electron chi connectivity index (χ1n) is 10.1. The molecule has 150 valence electrons. The molecule has 0 radical (unpaired) electrons. The number of hydrogen-bond acceptors (Lipinski definition) is 3. The van der Waals surface area contributed by atoms with Crippen LogP contribution in [-0.2, 0) is 0 Å². The minimum Gasteiger partial charge on any atom is -0.310 e. The van der Waals surface area contributed by atoms with Crippen LogP contribution in [0.1, 0.15) is 59.2 Å². The van der Waals surface area contributed by atoms with Crippen LogP contribution < -0.4 is 0 Å². The van der Waals surface area contributed by atoms with Gasteiger partial charge in [0.1, 0.15) is 5.69 Å². The van der Waals surface area contributed by atoms with Crippen LogP contribution in [0.25, 0.3) is 5.69 Å². The van der Waals surface area contributed by atoms with Crippen LogP contribution in [0.4, 0.5) is 0 Å². The molecule has 4 heteroatoms. The first kappa shape index (κ1) is 18.9. The standard InChI is InChI=1S/C27H19NO3/c1-16-12-14-19(15-13-16)28-17(2)22(25(29)18-8-4-3-5-9-18)23-24(28)27(31)21-11-7-6-10-20(21)26(23)30/h3-15H,1-2H3. The molecule has 4 aromatic rings. The lowest BCUT2D eigenvalue weighted by molar-refractivity contribution is 0.0970. The van der Waals surface area contributed by atoms with Crippen molar-refractivity contribution in [3.63, 3.8) is 0 Å². The van der Waals surface area contributed by atoms with E-state index in [4.69, 9.17) is 0 Å². The molecule has 0 unspecified atom stereocenters. The van der Waals surface area contributed by atoms with Crippen LogP contribution in [0.3, 0.4) is 0 Å². The highest BCUT2D eigenvalue weighted by atomic mass is 16.1. The maximum atomic E-state index is 13.6. The maximum absolute atomic E-state index is 13.6. The largest absolute Gasteiger partial charge is 0.310 e. The second-order valence-corrected chi connectivity index (χ2v) is 7.75. The summed E-state index contributed by atoms with van der Waals surface area (Å²) in [6, 6.07) is 23.3. The fraction of sp³-hybridized carbons (Fsp3) is 0.0741. The number of aryl methyl sites for hydroxylation is 1. The zero-order chi connectivity index (χ0) is 21.7. The summed E-state index contributed by atoms with van der Waals surface area (Å²) in [7, 11) is 0. The Morgan fingerprint density at radius 1 is 0.710 bits per heavy atom. The molecule has 0 aliphatic heterocycles. The predicted molar refractivity (Wildman–Crippen MR) is 118 cm³/mol. The Balaban J connectivity index is 1.85. The lowest BCUT2D eigenvalue weighted by Crippen LogP contribution is -2.23. The highest BCUT2D eigenvalue weighted by Crippen LogP contribution is 2.36. The number of carbonyl (C=O) groups excluding carboxylic acids is 3. The zero-order valence-corrected chi connectivity index (χ0v) is 17.2. The molecule has 0 amide bonds. The van der Waals surface area contributed by atoms with E-state index in [2.05, 4.69) is 0 Å². The van der Waals surface area contributed by atoms with Crippen molar-refractivity contribution < 1.29 is 14.4 Å². The number of ketones is 3. The number of benzene rings is 3. The van der Waals surface area contributed by atoms with E-state index in [1.807, 2.05) is 37.3 Å². The summed E-state index contributed by atoms with van der Waals surface area (Å²) in [4.78, 5) is 40.6. The summed E-state index contributed by atoms with van der Waals surface area (Å²) < 4.78 is 1.75. The number of hydrogen-bond donors (Lipinski definition) is 0. The third kappa shape index (κ3) is 2.80. The molecule has 0 N–H and O–H groups in total. The van der Waals surface area contributed by atoms with Gasteiger partial charge in [-0.2, -0.15) is 0 Å². The summed E-state index contributed by atoms with van der Waals surface area (Å²) in [6.45, 7) is 3.77. The first-order chi connectivity index (χ1) is 15.0. The van der Waals surface area contributed by atoms with Gasteiger partial charge < -0.3 is 4.57 Å². The fourth-order valence-corrected chi connectivity index (χ4v) is 4.30. The van der Waals surface area contributed by atoms with Gasteiger partial charge in [0.15, 0.2) is 11.6 Å². The van der Waals surface area contributed by atoms with Gasteiger partial charge in [0.2, 0.25) is 5.78 Å². The number of fused-ring (bicyclic) bond motifs is 2. The molecule has 1 heterocycles. The van der Waals surface area contributed by atoms with Gasteiger partial charge in [-0.25, -0.2) is 0 Å². The third-order valence-electron chi connectivity index (χ3n) is 5.82. The summed E-state index contributed by atoms with van der Waals surface area (Å²) in [6.07, 6.45) is 0. The van der Waals surface area contributed by atoms with Gasteiger partial charge in [-0.05, 0) is 26.0 Å². The van der Waals surface area contributed by atoms with Crippen LogP contribution >= 0.6 is 0 Å². The Bertz CT molecular complexity index is 1380. The topological polar surface area (TPSA) is 56.1 Å². The highest BCUT2D eigenvalue weighted by Gasteiger charge is 2.39. The Morgan fingerprint density at radius 2 is 1.29 bits per heavy atom. The zero-order valence-electron chi connectivity index (χ0n) is 17.2. The Hall–Kier alpha value is -4.05. The van der Waals surface area contributed by atoms with Gasteiger partial charge in [-0.1, -0.05) is 72.3 Å². The van der Waals surface area contributed by atoms with Crippen LogP contribution in [0.15, 0.2) is 78.9 Å². The quantitative estimate of drug-likeness (QED) is 0.393. The summed E-state index contributed by atoms with van der Waals surface area (Å²) in [5, 5.41) is 0. The van der Waals surface area contributed by atoms with Crippen LogP contribution in [0.2, 0.25) is 0 Å². The minimum absolute atomic E-state index is 0.190. The number of carbonyl (C=O) groups is 3. The molecule has 3 aromatic carbocycles. The van der Waals surface area contributed by atoms with Crippen molar-refractivity contribution in [1.82, 2.24) is 4.57 Å². The SMILES string of the molecule is Cc1ccc(-n2c(C)c(C(=O)c3ccccc3)c3c2C(=O)c2ccccc2C3=O)cc1. The molecule has 1 aromatic heterocycles. The van der Waals surface area contributed by atoms with E-state index in [0.717, 1.165) is 11.3 Å². The van der Waals surface area contributed by atoms with E-state index in [9.17, 15) is 14.4 Å². The van der Waals surface area contributed by atoms with Crippen LogP contribution in [-0.4, -0.2) is 21.9 Å². The molecular weight excluding hydrogens is 386 g/mol. The fourth-order valence-electron chi connectivity index (χ4n) is 4.30. The average Bonchev–Trinajstić information content (AvgIpc) is 3.11. The summed E-state index contributed by atoms with van der Waals surface area (Å²) in [5.74, 6) is -0.805. The van der Waals surface area contributed by atoms with E-state index >= 15 is 0 Å². The minimum atomic E-state index is -0.293. The van der Waals surface area contributed by atoms with Crippen molar-refractivity contribution in [2.75, 3.05) is 0 Å². The number of aromatic nitrogens is 1. The summed E-state index contributed by atoms with van der Waals surface area (Å²) >= 11 is 0. The van der Waals surface area contributed by atoms with Gasteiger partial charge in [0.25, 0.3) is 0 Å². The van der Waals surface area contributed by atoms with E-state index in [-0.39, 0.29) is 34.2 Å². The first-order valence-corrected chi connectivity index (χ1v) is 10.1. The second-order valence-electron chi connectivity index (χ2n) is 7.75. The molecule has 0 spiro atoms. The predicted octanol–water partition coefficient (Wildman–Crippen LogP) is 5.10. The average molecular weight is 405 g/mol. The molecular formula is C27H19NO3. The molecule has 31 heavy (non-hydrogen) atoms. The Morgan fingerprint density at radius 3 is 1.94 bits per heavy atom. The van der Waals surface area contributed by atoms with Gasteiger partial charge in [0.05, 0.1) is 11.1 Å². The van der Waals surface area contributed by atoms with E-state index in [1.54, 1.807) is 60.0 Å². The van der Waals surface area contributed by atoms with E-state index < -0.39 is 0 Å². The lowest BCUT2D eigenvalue weighted by atomic mass is 9.84. The molecule has 0 atom stereocenters. The van der Waals surface area contributed by atoms with Gasteiger partial charge in [0, 0.05) is 28.1 Å². The Kier molecular flexibility index (Phi) is 4.29. The van der Waals surface area contributed by atoms with Crippen molar-refractivity contribution in [3.8, 4) is 5.69 Å². The van der Waals surface area contributed by atoms with Gasteiger partial charge >= 0.3 is 0 Å². The molecule has 0 bridgehead atoms. The molecule has 0 fully saturated rings. The molecule has 0 saturated heterocycles. The van der Waals surface area contributed by atoms with Crippen molar-refractivity contribution >= 4 is 17.3 Å². The van der Waals surface area contributed by atoms with Crippen LogP contribution in [0.5, 0.6) is 0 Å². The normalized spacial score (nSPS) is 12.5. The van der Waals surface area contributed by atoms with E-state index in [0.29, 0.717) is 22.4 Å². The van der Waals surface area contributed by atoms with Crippen molar-refractivity contribution in [3.05, 3.63) is 124 Å². The third-order valence-corrected chi connectivity index (χ3v) is 5.82. The van der Waals surface area contributed by atoms with Crippen molar-refractivity contribution in [1.29, 1.82) is 0 Å². The summed E-state index contributed by atoms with van der Waals surface area (Å²) in [5.41, 5.74) is 4.32. The van der Waals surface area contributed by atoms with E-state index in [1.165, 1.54) is 0 Å². The molecule has 5 rings (SSSR count). The molecule has 4 nitrogen and oxygen atoms in total. The number of nitrogens with zero attached hydrogens (tertiary/aromatic N) is 1. The van der Waals surface area contributed by atoms with Gasteiger partial charge in [-0.15, -0.1) is 0 Å². The molecule has 1 aliphatic carbocycles. The van der Waals surface area contributed by atoms with Crippen molar-refractivity contribution in [2.24, 2.45) is 0 Å². The highest BCUT2D eigenvalue weighted by molar-refractivity contribution is 6.32. The number of rotatable bonds is 3. The van der Waals surface area contributed by atoms with Crippen molar-refractivity contribution in [2.45, 2.75) is 13.8 Å². The molecule has 1 aliphatic rings. The lowest BCUT2D eigenvalue weighted by Gasteiger charge is -2.18. The second kappa shape index (κ2) is 7.03. The maximum Gasteiger partial charge on any atom is 0.211 e. The Labute approximate surface area is 179 Å².